The lowest BCUT2D eigenvalue weighted by Crippen LogP contribution is -1.90. The zero-order valence-corrected chi connectivity index (χ0v) is 15.6. The van der Waals surface area contributed by atoms with Crippen LogP contribution in [-0.2, 0) is 0 Å². The average Bonchev–Trinajstić information content (AvgIpc) is 2.61. The van der Waals surface area contributed by atoms with E-state index in [4.69, 9.17) is 34.8 Å². The molecular formula is C19H14Cl3N3. The summed E-state index contributed by atoms with van der Waals surface area (Å²) in [5.74, 6) is 0. The Kier molecular flexibility index (Phi) is 5.59. The third-order valence-electron chi connectivity index (χ3n) is 3.63. The fourth-order valence-electron chi connectivity index (χ4n) is 2.43. The Bertz CT molecular complexity index is 1030. The molecule has 0 aliphatic carbocycles. The van der Waals surface area contributed by atoms with Crippen LogP contribution in [0.15, 0.2) is 60.9 Å². The first-order chi connectivity index (χ1) is 12.1. The quantitative estimate of drug-likeness (QED) is 0.404. The Morgan fingerprint density at radius 1 is 0.720 bits per heavy atom. The van der Waals surface area contributed by atoms with Gasteiger partial charge >= 0.3 is 0 Å². The van der Waals surface area contributed by atoms with Gasteiger partial charge in [0.05, 0.1) is 16.1 Å². The highest BCUT2D eigenvalue weighted by Gasteiger charge is 2.00. The highest BCUT2D eigenvalue weighted by atomic mass is 35.5. The van der Waals surface area contributed by atoms with Gasteiger partial charge in [-0.25, -0.2) is 0 Å². The summed E-state index contributed by atoms with van der Waals surface area (Å²) in [5, 5.41) is 7.23. The van der Waals surface area contributed by atoms with Crippen molar-refractivity contribution in [1.82, 2.24) is 9.97 Å². The molecule has 25 heavy (non-hydrogen) atoms. The highest BCUT2D eigenvalue weighted by molar-refractivity contribution is 6.36. The van der Waals surface area contributed by atoms with Crippen molar-refractivity contribution in [2.24, 2.45) is 0 Å². The van der Waals surface area contributed by atoms with Gasteiger partial charge in [0, 0.05) is 45.9 Å². The summed E-state index contributed by atoms with van der Waals surface area (Å²) in [7, 11) is 1.89. The summed E-state index contributed by atoms with van der Waals surface area (Å²) in [6.07, 6.45) is 3.44. The fraction of sp³-hybridized carbons (Fsp3) is 0.0526. The monoisotopic (exact) mass is 389 g/mol. The minimum atomic E-state index is 0.678. The minimum absolute atomic E-state index is 0.678. The number of anilines is 1. The maximum Gasteiger partial charge on any atom is 0.0737 e. The zero-order chi connectivity index (χ0) is 17.8. The van der Waals surface area contributed by atoms with E-state index < -0.39 is 0 Å². The molecule has 0 saturated heterocycles. The second-order valence-corrected chi connectivity index (χ2v) is 6.50. The van der Waals surface area contributed by atoms with Crippen LogP contribution >= 0.6 is 34.8 Å². The van der Waals surface area contributed by atoms with Crippen molar-refractivity contribution in [3.63, 3.8) is 0 Å². The molecule has 0 amide bonds. The van der Waals surface area contributed by atoms with Crippen molar-refractivity contribution in [3.8, 4) is 0 Å². The number of aromatic nitrogens is 2. The molecule has 2 aromatic heterocycles. The third-order valence-corrected chi connectivity index (χ3v) is 4.43. The number of rotatable bonds is 1. The van der Waals surface area contributed by atoms with Gasteiger partial charge in [0.2, 0.25) is 0 Å². The number of nitrogens with one attached hydrogen (secondary N) is 1. The molecule has 2 aromatic carbocycles. The van der Waals surface area contributed by atoms with Gasteiger partial charge in [0.1, 0.15) is 0 Å². The molecule has 0 unspecified atom stereocenters. The van der Waals surface area contributed by atoms with E-state index in [1.54, 1.807) is 30.6 Å². The van der Waals surface area contributed by atoms with Gasteiger partial charge < -0.3 is 5.32 Å². The molecule has 0 atom stereocenters. The smallest absolute Gasteiger partial charge is 0.0737 e. The van der Waals surface area contributed by atoms with E-state index in [2.05, 4.69) is 15.3 Å². The van der Waals surface area contributed by atoms with E-state index in [1.165, 1.54) is 0 Å². The molecule has 3 nitrogen and oxygen atoms in total. The number of hydrogen-bond donors (Lipinski definition) is 1. The van der Waals surface area contributed by atoms with Crippen LogP contribution in [0, 0.1) is 0 Å². The van der Waals surface area contributed by atoms with Crippen molar-refractivity contribution in [2.75, 3.05) is 12.4 Å². The molecule has 4 aromatic rings. The first-order valence-electron chi connectivity index (χ1n) is 7.50. The lowest BCUT2D eigenvalue weighted by atomic mass is 10.2. The molecule has 6 heteroatoms. The number of hydrogen-bond acceptors (Lipinski definition) is 3. The van der Waals surface area contributed by atoms with E-state index in [0.29, 0.717) is 15.1 Å². The first kappa shape index (κ1) is 17.7. The maximum atomic E-state index is 5.93. The Morgan fingerprint density at radius 3 is 1.92 bits per heavy atom. The molecule has 0 spiro atoms. The van der Waals surface area contributed by atoms with Gasteiger partial charge in [-0.1, -0.05) is 34.8 Å². The zero-order valence-electron chi connectivity index (χ0n) is 13.3. The van der Waals surface area contributed by atoms with E-state index in [9.17, 15) is 0 Å². The molecule has 1 N–H and O–H groups in total. The summed E-state index contributed by atoms with van der Waals surface area (Å²) >= 11 is 17.6. The summed E-state index contributed by atoms with van der Waals surface area (Å²) in [5.41, 5.74) is 2.82. The van der Waals surface area contributed by atoms with Crippen molar-refractivity contribution in [2.45, 2.75) is 0 Å². The number of nitrogens with zero attached hydrogens (tertiary/aromatic N) is 2. The van der Waals surface area contributed by atoms with E-state index >= 15 is 0 Å². The summed E-state index contributed by atoms with van der Waals surface area (Å²) < 4.78 is 0. The van der Waals surface area contributed by atoms with Crippen LogP contribution in [0.3, 0.4) is 0 Å². The van der Waals surface area contributed by atoms with Crippen LogP contribution < -0.4 is 5.32 Å². The predicted molar refractivity (Wildman–Crippen MR) is 108 cm³/mol. The van der Waals surface area contributed by atoms with Crippen molar-refractivity contribution in [3.05, 3.63) is 76.0 Å². The van der Waals surface area contributed by atoms with Crippen LogP contribution in [0.1, 0.15) is 0 Å². The van der Waals surface area contributed by atoms with Gasteiger partial charge in [0.25, 0.3) is 0 Å². The molecule has 2 heterocycles. The Morgan fingerprint density at radius 2 is 1.28 bits per heavy atom. The predicted octanol–water partition coefficient (Wildman–Crippen LogP) is 6.47. The largest absolute Gasteiger partial charge is 0.388 e. The number of fused-ring (bicyclic) bond motifs is 2. The molecule has 0 radical (unpaired) electrons. The minimum Gasteiger partial charge on any atom is -0.388 e. The SMILES string of the molecule is CNc1ccnc2cc(Cl)ccc12.Clc1ccc2c(Cl)ccnc2c1. The second kappa shape index (κ2) is 7.87. The molecule has 0 fully saturated rings. The second-order valence-electron chi connectivity index (χ2n) is 5.22. The summed E-state index contributed by atoms with van der Waals surface area (Å²) in [6.45, 7) is 0. The fourth-order valence-corrected chi connectivity index (χ4v) is 2.97. The van der Waals surface area contributed by atoms with Crippen molar-refractivity contribution >= 4 is 62.3 Å². The van der Waals surface area contributed by atoms with Gasteiger partial charge in [-0.15, -0.1) is 0 Å². The Hall–Kier alpha value is -2.07. The van der Waals surface area contributed by atoms with Gasteiger partial charge in [0.15, 0.2) is 0 Å². The maximum absolute atomic E-state index is 5.93. The number of halogens is 3. The molecular weight excluding hydrogens is 377 g/mol. The lowest BCUT2D eigenvalue weighted by molar-refractivity contribution is 1.40. The van der Waals surface area contributed by atoms with Gasteiger partial charge in [-0.2, -0.15) is 0 Å². The van der Waals surface area contributed by atoms with E-state index in [0.717, 1.165) is 27.5 Å². The molecule has 0 bridgehead atoms. The third kappa shape index (κ3) is 4.13. The molecule has 0 saturated carbocycles. The van der Waals surface area contributed by atoms with E-state index in [-0.39, 0.29) is 0 Å². The number of benzene rings is 2. The Labute approximate surface area is 160 Å². The normalized spacial score (nSPS) is 10.4. The van der Waals surface area contributed by atoms with Crippen LogP contribution in [0.5, 0.6) is 0 Å². The van der Waals surface area contributed by atoms with Crippen molar-refractivity contribution < 1.29 is 0 Å². The van der Waals surface area contributed by atoms with Crippen LogP contribution in [0.2, 0.25) is 15.1 Å². The van der Waals surface area contributed by atoms with Crippen LogP contribution in [0.25, 0.3) is 21.8 Å². The van der Waals surface area contributed by atoms with Crippen molar-refractivity contribution in [1.29, 1.82) is 0 Å². The van der Waals surface area contributed by atoms with Crippen LogP contribution in [0.4, 0.5) is 5.69 Å². The van der Waals surface area contributed by atoms with Crippen LogP contribution in [-0.4, -0.2) is 17.0 Å². The molecule has 0 aliphatic heterocycles. The lowest BCUT2D eigenvalue weighted by Gasteiger charge is -2.04. The van der Waals surface area contributed by atoms with E-state index in [1.807, 2.05) is 37.4 Å². The van der Waals surface area contributed by atoms with Gasteiger partial charge in [-0.3, -0.25) is 9.97 Å². The standard InChI is InChI=1S/C10H9ClN2.C9H5Cl2N/c1-12-9-4-5-13-10-6-7(11)2-3-8(9)10;10-6-1-2-7-8(11)3-4-12-9(7)5-6/h2-6H,1H3,(H,12,13);1-5H. The highest BCUT2D eigenvalue weighted by Crippen LogP contribution is 2.24. The number of pyridine rings is 2. The summed E-state index contributed by atoms with van der Waals surface area (Å²) in [4.78, 5) is 8.36. The Balaban J connectivity index is 0.000000146. The average molecular weight is 391 g/mol. The first-order valence-corrected chi connectivity index (χ1v) is 8.63. The molecule has 4 rings (SSSR count). The van der Waals surface area contributed by atoms with Gasteiger partial charge in [-0.05, 0) is 48.5 Å². The summed E-state index contributed by atoms with van der Waals surface area (Å²) in [6, 6.07) is 14.9. The topological polar surface area (TPSA) is 37.8 Å². The molecule has 0 aliphatic rings. The molecule has 126 valence electrons.